The van der Waals surface area contributed by atoms with Crippen molar-refractivity contribution in [3.05, 3.63) is 34.5 Å². The van der Waals surface area contributed by atoms with Gasteiger partial charge >= 0.3 is 5.97 Å². The first-order chi connectivity index (χ1) is 8.52. The Kier molecular flexibility index (Phi) is 3.54. The Balaban J connectivity index is 2.56. The van der Waals surface area contributed by atoms with E-state index in [0.717, 1.165) is 11.1 Å². The van der Waals surface area contributed by atoms with Crippen LogP contribution in [0.25, 0.3) is 10.4 Å². The van der Waals surface area contributed by atoms with Crippen LogP contribution in [0, 0.1) is 6.92 Å². The lowest BCUT2D eigenvalue weighted by molar-refractivity contribution is 0.0596. The van der Waals surface area contributed by atoms with E-state index in [1.165, 1.54) is 18.4 Å². The lowest BCUT2D eigenvalue weighted by Crippen LogP contribution is -2.03. The smallest absolute Gasteiger partial charge is 0.358 e. The summed E-state index contributed by atoms with van der Waals surface area (Å²) in [5.41, 5.74) is 7.64. The molecule has 0 aliphatic heterocycles. The predicted octanol–water partition coefficient (Wildman–Crippen LogP) is 3.14. The highest BCUT2D eigenvalue weighted by Crippen LogP contribution is 2.34. The Morgan fingerprint density at radius 3 is 2.83 bits per heavy atom. The average molecular weight is 283 g/mol. The van der Waals surface area contributed by atoms with Crippen LogP contribution in [0.3, 0.4) is 0 Å². The number of aromatic nitrogens is 1. The molecule has 1 aromatic heterocycles. The van der Waals surface area contributed by atoms with E-state index in [4.69, 9.17) is 17.3 Å². The van der Waals surface area contributed by atoms with Gasteiger partial charge in [0.25, 0.3) is 0 Å². The molecule has 2 rings (SSSR count). The molecule has 0 fully saturated rings. The SMILES string of the molecule is COC(=O)c1nc(N)sc1-c1ccc(C)c(Cl)c1. The van der Waals surface area contributed by atoms with Crippen molar-refractivity contribution in [1.82, 2.24) is 4.98 Å². The van der Waals surface area contributed by atoms with Gasteiger partial charge in [-0.2, -0.15) is 0 Å². The van der Waals surface area contributed by atoms with Gasteiger partial charge in [-0.05, 0) is 24.1 Å². The third kappa shape index (κ3) is 2.32. The molecule has 0 amide bonds. The van der Waals surface area contributed by atoms with Crippen LogP contribution in [0.4, 0.5) is 5.13 Å². The van der Waals surface area contributed by atoms with Gasteiger partial charge in [-0.3, -0.25) is 0 Å². The number of aryl methyl sites for hydroxylation is 1. The van der Waals surface area contributed by atoms with Gasteiger partial charge in [0.05, 0.1) is 12.0 Å². The first-order valence-electron chi connectivity index (χ1n) is 5.14. The molecule has 6 heteroatoms. The summed E-state index contributed by atoms with van der Waals surface area (Å²) in [5, 5.41) is 0.956. The number of ether oxygens (including phenoxy) is 1. The number of thiazole rings is 1. The number of nitrogens with two attached hydrogens (primary N) is 1. The molecule has 0 radical (unpaired) electrons. The number of hydrogen-bond donors (Lipinski definition) is 1. The number of nitrogens with zero attached hydrogens (tertiary/aromatic N) is 1. The largest absolute Gasteiger partial charge is 0.464 e. The van der Waals surface area contributed by atoms with Gasteiger partial charge in [-0.25, -0.2) is 9.78 Å². The van der Waals surface area contributed by atoms with Gasteiger partial charge in [0.1, 0.15) is 0 Å². The van der Waals surface area contributed by atoms with Crippen LogP contribution >= 0.6 is 22.9 Å². The summed E-state index contributed by atoms with van der Waals surface area (Å²) in [7, 11) is 1.31. The number of rotatable bonds is 2. The summed E-state index contributed by atoms with van der Waals surface area (Å²) in [6.45, 7) is 1.91. The number of halogens is 1. The Labute approximate surface area is 113 Å². The second kappa shape index (κ2) is 4.96. The van der Waals surface area contributed by atoms with Crippen molar-refractivity contribution >= 4 is 34.0 Å². The second-order valence-corrected chi connectivity index (χ2v) is 5.12. The minimum Gasteiger partial charge on any atom is -0.464 e. The second-order valence-electron chi connectivity index (χ2n) is 3.69. The lowest BCUT2D eigenvalue weighted by Gasteiger charge is -2.03. The number of hydrogen-bond acceptors (Lipinski definition) is 5. The van der Waals surface area contributed by atoms with Crippen LogP contribution < -0.4 is 5.73 Å². The molecule has 0 spiro atoms. The van der Waals surface area contributed by atoms with Crippen molar-refractivity contribution in [2.75, 3.05) is 12.8 Å². The van der Waals surface area contributed by atoms with Gasteiger partial charge in [0.2, 0.25) is 0 Å². The molecule has 18 heavy (non-hydrogen) atoms. The molecule has 0 aliphatic rings. The van der Waals surface area contributed by atoms with Gasteiger partial charge in [0, 0.05) is 5.02 Å². The summed E-state index contributed by atoms with van der Waals surface area (Å²) in [6, 6.07) is 5.55. The van der Waals surface area contributed by atoms with Gasteiger partial charge in [-0.1, -0.05) is 35.1 Å². The zero-order valence-electron chi connectivity index (χ0n) is 9.86. The molecule has 2 N–H and O–H groups in total. The fourth-order valence-electron chi connectivity index (χ4n) is 1.50. The maximum atomic E-state index is 11.6. The zero-order valence-corrected chi connectivity index (χ0v) is 11.4. The summed E-state index contributed by atoms with van der Waals surface area (Å²) in [4.78, 5) is 16.3. The normalized spacial score (nSPS) is 10.4. The molecule has 0 unspecified atom stereocenters. The molecule has 0 bridgehead atoms. The highest BCUT2D eigenvalue weighted by Gasteiger charge is 2.19. The van der Waals surface area contributed by atoms with E-state index in [0.29, 0.717) is 15.0 Å². The van der Waals surface area contributed by atoms with E-state index in [-0.39, 0.29) is 5.69 Å². The molecule has 0 saturated heterocycles. The van der Waals surface area contributed by atoms with Crippen LogP contribution in [-0.4, -0.2) is 18.1 Å². The standard InChI is InChI=1S/C12H11ClN2O2S/c1-6-3-4-7(5-8(6)13)10-9(11(16)17-2)15-12(14)18-10/h3-5H,1-2H3,(H2,14,15). The van der Waals surface area contributed by atoms with Crippen molar-refractivity contribution < 1.29 is 9.53 Å². The number of nitrogen functional groups attached to an aromatic ring is 1. The van der Waals surface area contributed by atoms with Gasteiger partial charge < -0.3 is 10.5 Å². The Hall–Kier alpha value is -1.59. The van der Waals surface area contributed by atoms with Gasteiger partial charge in [0.15, 0.2) is 10.8 Å². The molecule has 1 aromatic carbocycles. The minimum absolute atomic E-state index is 0.222. The van der Waals surface area contributed by atoms with Crippen molar-refractivity contribution in [3.8, 4) is 10.4 Å². The third-order valence-electron chi connectivity index (χ3n) is 2.46. The van der Waals surface area contributed by atoms with Crippen molar-refractivity contribution in [2.24, 2.45) is 0 Å². The molecule has 1 heterocycles. The summed E-state index contributed by atoms with van der Waals surface area (Å²) < 4.78 is 4.68. The Morgan fingerprint density at radius 1 is 1.50 bits per heavy atom. The van der Waals surface area contributed by atoms with Crippen LogP contribution in [-0.2, 0) is 4.74 Å². The third-order valence-corrected chi connectivity index (χ3v) is 3.80. The maximum Gasteiger partial charge on any atom is 0.358 e. The predicted molar refractivity (Wildman–Crippen MR) is 73.0 cm³/mol. The van der Waals surface area contributed by atoms with E-state index >= 15 is 0 Å². The molecule has 94 valence electrons. The highest BCUT2D eigenvalue weighted by atomic mass is 35.5. The molecule has 0 atom stereocenters. The van der Waals surface area contributed by atoms with Crippen molar-refractivity contribution in [3.63, 3.8) is 0 Å². The monoisotopic (exact) mass is 282 g/mol. The maximum absolute atomic E-state index is 11.6. The van der Waals surface area contributed by atoms with E-state index < -0.39 is 5.97 Å². The van der Waals surface area contributed by atoms with Crippen LogP contribution in [0.5, 0.6) is 0 Å². The van der Waals surface area contributed by atoms with E-state index in [2.05, 4.69) is 9.72 Å². The quantitative estimate of drug-likeness (QED) is 0.860. The Bertz CT molecular complexity index is 610. The fraction of sp³-hybridized carbons (Fsp3) is 0.167. The highest BCUT2D eigenvalue weighted by molar-refractivity contribution is 7.19. The minimum atomic E-state index is -0.505. The zero-order chi connectivity index (χ0) is 13.3. The number of methoxy groups -OCH3 is 1. The molecule has 0 saturated carbocycles. The number of esters is 1. The Morgan fingerprint density at radius 2 is 2.22 bits per heavy atom. The first kappa shape index (κ1) is 12.9. The van der Waals surface area contributed by atoms with Crippen molar-refractivity contribution in [1.29, 1.82) is 0 Å². The van der Waals surface area contributed by atoms with Crippen molar-refractivity contribution in [2.45, 2.75) is 6.92 Å². The first-order valence-corrected chi connectivity index (χ1v) is 6.33. The fourth-order valence-corrected chi connectivity index (χ4v) is 2.50. The number of benzene rings is 1. The summed E-state index contributed by atoms with van der Waals surface area (Å²) in [5.74, 6) is -0.505. The lowest BCUT2D eigenvalue weighted by atomic mass is 10.1. The number of carbonyl (C=O) groups is 1. The molecule has 0 aliphatic carbocycles. The average Bonchev–Trinajstić information content (AvgIpc) is 2.74. The van der Waals surface area contributed by atoms with Crippen LogP contribution in [0.15, 0.2) is 18.2 Å². The summed E-state index contributed by atoms with van der Waals surface area (Å²) in [6.07, 6.45) is 0. The van der Waals surface area contributed by atoms with Crippen LogP contribution in [0.1, 0.15) is 16.1 Å². The number of carbonyl (C=O) groups excluding carboxylic acids is 1. The van der Waals surface area contributed by atoms with Gasteiger partial charge in [-0.15, -0.1) is 0 Å². The van der Waals surface area contributed by atoms with E-state index in [1.807, 2.05) is 19.1 Å². The summed E-state index contributed by atoms with van der Waals surface area (Å²) >= 11 is 7.31. The molecule has 2 aromatic rings. The van der Waals surface area contributed by atoms with E-state index in [1.54, 1.807) is 6.07 Å². The van der Waals surface area contributed by atoms with E-state index in [9.17, 15) is 4.79 Å². The topological polar surface area (TPSA) is 65.2 Å². The van der Waals surface area contributed by atoms with Crippen LogP contribution in [0.2, 0.25) is 5.02 Å². The molecule has 4 nitrogen and oxygen atoms in total. The molecular weight excluding hydrogens is 272 g/mol. The number of anilines is 1. The molecular formula is C12H11ClN2O2S.